The number of para-hydroxylation sites is 2. The summed E-state index contributed by atoms with van der Waals surface area (Å²) in [5.41, 5.74) is 2.08. The summed E-state index contributed by atoms with van der Waals surface area (Å²) in [6, 6.07) is 17.1. The van der Waals surface area contributed by atoms with Crippen LogP contribution in [0.3, 0.4) is 0 Å². The van der Waals surface area contributed by atoms with Gasteiger partial charge in [0.2, 0.25) is 12.0 Å². The number of carbonyl (C=O) groups excluding carboxylic acids is 2. The number of nitrogens with zero attached hydrogens (tertiary/aromatic N) is 2. The molecular weight excluding hydrogens is 446 g/mol. The molecule has 0 spiro atoms. The number of amides is 2. The Morgan fingerprint density at radius 1 is 1.06 bits per heavy atom. The Morgan fingerprint density at radius 2 is 1.84 bits per heavy atom. The number of nitrogens with one attached hydrogen (secondary N) is 1. The van der Waals surface area contributed by atoms with Crippen LogP contribution in [0.15, 0.2) is 71.3 Å². The molecule has 0 bridgehead atoms. The van der Waals surface area contributed by atoms with E-state index in [0.29, 0.717) is 16.5 Å². The minimum absolute atomic E-state index is 0.0338. The van der Waals surface area contributed by atoms with E-state index in [1.807, 2.05) is 41.8 Å². The number of carbonyl (C=O) groups is 2. The van der Waals surface area contributed by atoms with E-state index in [2.05, 4.69) is 15.3 Å². The predicted molar refractivity (Wildman–Crippen MR) is 123 cm³/mol. The van der Waals surface area contributed by atoms with Gasteiger partial charge in [0.15, 0.2) is 11.5 Å². The van der Waals surface area contributed by atoms with E-state index < -0.39 is 17.9 Å². The number of thiophene rings is 1. The predicted octanol–water partition coefficient (Wildman–Crippen LogP) is 3.93. The Bertz CT molecular complexity index is 1290. The van der Waals surface area contributed by atoms with E-state index >= 15 is 0 Å². The molecule has 0 fully saturated rings. The Kier molecular flexibility index (Phi) is 5.74. The van der Waals surface area contributed by atoms with Crippen molar-refractivity contribution in [1.29, 1.82) is 0 Å². The molecule has 0 saturated carbocycles. The monoisotopic (exact) mass is 463 g/mol. The number of thioether (sulfide) groups is 1. The molecule has 0 radical (unpaired) electrons. The summed E-state index contributed by atoms with van der Waals surface area (Å²) < 4.78 is 11.2. The molecule has 1 unspecified atom stereocenters. The Hall–Kier alpha value is -3.43. The molecule has 9 heteroatoms. The van der Waals surface area contributed by atoms with Crippen molar-refractivity contribution in [3.8, 4) is 22.6 Å². The summed E-state index contributed by atoms with van der Waals surface area (Å²) in [5, 5.41) is 6.05. The van der Waals surface area contributed by atoms with E-state index in [1.165, 1.54) is 29.4 Å². The minimum Gasteiger partial charge on any atom is -0.485 e. The van der Waals surface area contributed by atoms with Crippen LogP contribution in [0.2, 0.25) is 0 Å². The molecule has 2 aromatic heterocycles. The highest BCUT2D eigenvalue weighted by molar-refractivity contribution is 8.00. The number of imide groups is 1. The zero-order chi connectivity index (χ0) is 21.9. The van der Waals surface area contributed by atoms with Crippen LogP contribution >= 0.6 is 23.1 Å². The van der Waals surface area contributed by atoms with Gasteiger partial charge in [-0.3, -0.25) is 14.9 Å². The highest BCUT2D eigenvalue weighted by atomic mass is 32.2. The maximum atomic E-state index is 12.5. The quantitative estimate of drug-likeness (QED) is 0.354. The van der Waals surface area contributed by atoms with Crippen molar-refractivity contribution in [3.63, 3.8) is 0 Å². The first-order valence-corrected chi connectivity index (χ1v) is 11.7. The second kappa shape index (κ2) is 8.97. The maximum Gasteiger partial charge on any atom is 0.271 e. The Balaban J connectivity index is 1.26. The van der Waals surface area contributed by atoms with Crippen molar-refractivity contribution in [2.24, 2.45) is 0 Å². The highest BCUT2D eigenvalue weighted by Crippen LogP contribution is 2.37. The van der Waals surface area contributed by atoms with Crippen molar-refractivity contribution < 1.29 is 19.1 Å². The fraction of sp³-hybridized carbons (Fsp3) is 0.130. The molecule has 2 amide bonds. The van der Waals surface area contributed by atoms with Gasteiger partial charge in [0.25, 0.3) is 5.91 Å². The normalized spacial score (nSPS) is 14.8. The third-order valence-corrected chi connectivity index (χ3v) is 6.70. The third-order valence-electron chi connectivity index (χ3n) is 4.82. The molecule has 7 nitrogen and oxygen atoms in total. The van der Waals surface area contributed by atoms with Gasteiger partial charge in [-0.15, -0.1) is 11.3 Å². The number of hydrogen-bond acceptors (Lipinski definition) is 8. The fourth-order valence-electron chi connectivity index (χ4n) is 3.32. The molecule has 0 aliphatic carbocycles. The minimum atomic E-state index is -0.883. The summed E-state index contributed by atoms with van der Waals surface area (Å²) in [6.07, 6.45) is 0.607. The lowest BCUT2D eigenvalue weighted by atomic mass is 10.1. The van der Waals surface area contributed by atoms with Crippen molar-refractivity contribution in [3.05, 3.63) is 66.3 Å². The highest BCUT2D eigenvalue weighted by Gasteiger charge is 2.28. The average Bonchev–Trinajstić information content (AvgIpc) is 3.28. The Labute approximate surface area is 191 Å². The van der Waals surface area contributed by atoms with Gasteiger partial charge in [0.1, 0.15) is 22.8 Å². The molecule has 1 aliphatic rings. The van der Waals surface area contributed by atoms with Crippen molar-refractivity contribution in [2.75, 3.05) is 12.4 Å². The second-order valence-corrected chi connectivity index (χ2v) is 8.76. The largest absolute Gasteiger partial charge is 0.485 e. The number of aromatic nitrogens is 2. The fourth-order valence-corrected chi connectivity index (χ4v) is 5.12. The second-order valence-electron chi connectivity index (χ2n) is 6.94. The van der Waals surface area contributed by atoms with E-state index in [4.69, 9.17) is 9.47 Å². The molecule has 0 saturated heterocycles. The third kappa shape index (κ3) is 4.17. The maximum absolute atomic E-state index is 12.5. The lowest BCUT2D eigenvalue weighted by molar-refractivity contribution is -0.135. The smallest absolute Gasteiger partial charge is 0.271 e. The van der Waals surface area contributed by atoms with E-state index in [9.17, 15) is 9.59 Å². The van der Waals surface area contributed by atoms with Gasteiger partial charge < -0.3 is 9.47 Å². The van der Waals surface area contributed by atoms with Crippen LogP contribution in [-0.2, 0) is 9.59 Å². The number of hydrogen-bond donors (Lipinski definition) is 1. The van der Waals surface area contributed by atoms with Gasteiger partial charge in [-0.2, -0.15) is 0 Å². The van der Waals surface area contributed by atoms with Crippen LogP contribution in [0, 0.1) is 0 Å². The number of ether oxygens (including phenoxy) is 2. The lowest BCUT2D eigenvalue weighted by Gasteiger charge is -2.25. The summed E-state index contributed by atoms with van der Waals surface area (Å²) >= 11 is 2.80. The van der Waals surface area contributed by atoms with Gasteiger partial charge in [0, 0.05) is 10.9 Å². The van der Waals surface area contributed by atoms with Crippen LogP contribution in [0.4, 0.5) is 0 Å². The molecule has 1 N–H and O–H groups in total. The van der Waals surface area contributed by atoms with Gasteiger partial charge in [-0.25, -0.2) is 9.97 Å². The van der Waals surface area contributed by atoms with E-state index in [0.717, 1.165) is 21.3 Å². The van der Waals surface area contributed by atoms with Gasteiger partial charge in [0.05, 0.1) is 11.1 Å². The number of fused-ring (bicyclic) bond motifs is 2. The zero-order valence-electron chi connectivity index (χ0n) is 16.7. The standard InChI is InChI=1S/C23H17N3O4S2/c27-19(26-21(28)18-10-29-16-8-4-5-9-17(16)30-18)12-32-23-20-15(14-6-2-1-3-7-14)11-31-22(20)24-13-25-23/h1-9,11,13,18H,10,12H2,(H,26,27,28). The van der Waals surface area contributed by atoms with Crippen LogP contribution in [0.25, 0.3) is 21.3 Å². The first-order valence-electron chi connectivity index (χ1n) is 9.81. The Morgan fingerprint density at radius 3 is 2.69 bits per heavy atom. The summed E-state index contributed by atoms with van der Waals surface area (Å²) in [7, 11) is 0. The first kappa shape index (κ1) is 20.5. The molecule has 1 atom stereocenters. The lowest BCUT2D eigenvalue weighted by Crippen LogP contribution is -2.46. The van der Waals surface area contributed by atoms with Crippen molar-refractivity contribution >= 4 is 45.1 Å². The summed E-state index contributed by atoms with van der Waals surface area (Å²) in [4.78, 5) is 34.5. The molecule has 2 aromatic carbocycles. The van der Waals surface area contributed by atoms with Crippen molar-refractivity contribution in [2.45, 2.75) is 11.1 Å². The molecule has 160 valence electrons. The van der Waals surface area contributed by atoms with Gasteiger partial charge >= 0.3 is 0 Å². The van der Waals surface area contributed by atoms with E-state index in [1.54, 1.807) is 18.2 Å². The molecule has 1 aliphatic heterocycles. The zero-order valence-corrected chi connectivity index (χ0v) is 18.3. The van der Waals surface area contributed by atoms with Gasteiger partial charge in [-0.1, -0.05) is 54.2 Å². The van der Waals surface area contributed by atoms with Crippen molar-refractivity contribution in [1.82, 2.24) is 15.3 Å². The molecular formula is C23H17N3O4S2. The molecule has 4 aromatic rings. The molecule has 32 heavy (non-hydrogen) atoms. The van der Waals surface area contributed by atoms with Crippen LogP contribution in [-0.4, -0.2) is 40.2 Å². The topological polar surface area (TPSA) is 90.4 Å². The number of rotatable bonds is 5. The first-order chi connectivity index (χ1) is 15.7. The van der Waals surface area contributed by atoms with Crippen LogP contribution in [0.5, 0.6) is 11.5 Å². The average molecular weight is 464 g/mol. The number of benzene rings is 2. The summed E-state index contributed by atoms with van der Waals surface area (Å²) in [5.74, 6) is 0.141. The van der Waals surface area contributed by atoms with Crippen LogP contribution in [0.1, 0.15) is 0 Å². The summed E-state index contributed by atoms with van der Waals surface area (Å²) in [6.45, 7) is 0.0468. The van der Waals surface area contributed by atoms with Crippen LogP contribution < -0.4 is 14.8 Å². The molecule has 3 heterocycles. The molecule has 5 rings (SSSR count). The van der Waals surface area contributed by atoms with E-state index in [-0.39, 0.29) is 12.4 Å². The SMILES string of the molecule is O=C(CSc1ncnc2scc(-c3ccccc3)c12)NC(=O)C1COc2ccccc2O1. The van der Waals surface area contributed by atoms with Gasteiger partial charge in [-0.05, 0) is 17.7 Å².